The van der Waals surface area contributed by atoms with Gasteiger partial charge in [-0.1, -0.05) is 18.2 Å². The van der Waals surface area contributed by atoms with E-state index in [1.807, 2.05) is 13.0 Å². The van der Waals surface area contributed by atoms with E-state index < -0.39 is 12.7 Å². The fourth-order valence-electron chi connectivity index (χ4n) is 4.21. The van der Waals surface area contributed by atoms with Crippen molar-refractivity contribution in [2.24, 2.45) is 4.99 Å². The number of anilines is 1. The summed E-state index contributed by atoms with van der Waals surface area (Å²) in [4.78, 5) is 11.0. The fourth-order valence-corrected chi connectivity index (χ4v) is 4.21. The molecule has 0 radical (unpaired) electrons. The van der Waals surface area contributed by atoms with Crippen molar-refractivity contribution < 1.29 is 13.2 Å². The average Bonchev–Trinajstić information content (AvgIpc) is 3.17. The molecule has 6 nitrogen and oxygen atoms in total. The van der Waals surface area contributed by atoms with Crippen LogP contribution in [0.15, 0.2) is 35.3 Å². The maximum atomic E-state index is 12.6. The Balaban J connectivity index is 1.35. The molecule has 2 aliphatic rings. The molecule has 0 aliphatic carbocycles. The van der Waals surface area contributed by atoms with Gasteiger partial charge in [-0.2, -0.15) is 13.2 Å². The molecule has 0 amide bonds. The topological polar surface area (TPSA) is 46.1 Å². The summed E-state index contributed by atoms with van der Waals surface area (Å²) in [5.74, 6) is 0.704. The van der Waals surface area contributed by atoms with Crippen LogP contribution < -0.4 is 15.5 Å². The SMILES string of the molecule is CCNC(=NCCCN1CCN(c2ccccc2)CC1)NC1CCN(CC(F)(F)F)C1. The summed E-state index contributed by atoms with van der Waals surface area (Å²) in [7, 11) is 0. The van der Waals surface area contributed by atoms with E-state index in [-0.39, 0.29) is 6.04 Å². The van der Waals surface area contributed by atoms with E-state index in [2.05, 4.69) is 49.7 Å². The Morgan fingerprint density at radius 2 is 1.81 bits per heavy atom. The van der Waals surface area contributed by atoms with Gasteiger partial charge in [0.15, 0.2) is 5.96 Å². The van der Waals surface area contributed by atoms with Crippen molar-refractivity contribution in [3.8, 4) is 0 Å². The summed E-state index contributed by atoms with van der Waals surface area (Å²) < 4.78 is 37.7. The van der Waals surface area contributed by atoms with Gasteiger partial charge in [0.25, 0.3) is 0 Å². The van der Waals surface area contributed by atoms with E-state index in [9.17, 15) is 13.2 Å². The molecule has 0 bridgehead atoms. The summed E-state index contributed by atoms with van der Waals surface area (Å²) in [6.45, 7) is 8.63. The predicted molar refractivity (Wildman–Crippen MR) is 120 cm³/mol. The van der Waals surface area contributed by atoms with Gasteiger partial charge in [-0.25, -0.2) is 0 Å². The first-order valence-electron chi connectivity index (χ1n) is 11.3. The predicted octanol–water partition coefficient (Wildman–Crippen LogP) is 2.39. The number of alkyl halides is 3. The monoisotopic (exact) mass is 440 g/mol. The van der Waals surface area contributed by atoms with Crippen LogP contribution in [0.2, 0.25) is 0 Å². The quantitative estimate of drug-likeness (QED) is 0.369. The number of nitrogens with zero attached hydrogens (tertiary/aromatic N) is 4. The molecule has 2 heterocycles. The van der Waals surface area contributed by atoms with Crippen LogP contribution in [0.25, 0.3) is 0 Å². The standard InChI is InChI=1S/C22H35F3N6/c1-2-26-21(28-19-9-12-30(17-19)18-22(23,24)25)27-10-6-11-29-13-15-31(16-14-29)20-7-4-3-5-8-20/h3-5,7-8,19H,2,6,9-18H2,1H3,(H2,26,27,28). The van der Waals surface area contributed by atoms with Gasteiger partial charge in [0, 0.05) is 70.6 Å². The Labute approximate surface area is 183 Å². The van der Waals surface area contributed by atoms with Crippen molar-refractivity contribution in [3.63, 3.8) is 0 Å². The molecular weight excluding hydrogens is 405 g/mol. The summed E-state index contributed by atoms with van der Waals surface area (Å²) in [6, 6.07) is 10.5. The van der Waals surface area contributed by atoms with Crippen molar-refractivity contribution in [3.05, 3.63) is 30.3 Å². The number of hydrogen-bond acceptors (Lipinski definition) is 4. The molecular formula is C22H35F3N6. The van der Waals surface area contributed by atoms with Crippen LogP contribution in [0.4, 0.5) is 18.9 Å². The van der Waals surface area contributed by atoms with Crippen molar-refractivity contribution in [1.29, 1.82) is 0 Å². The highest BCUT2D eigenvalue weighted by molar-refractivity contribution is 5.80. The maximum absolute atomic E-state index is 12.6. The number of nitrogens with one attached hydrogen (secondary N) is 2. The highest BCUT2D eigenvalue weighted by Gasteiger charge is 2.34. The number of benzene rings is 1. The third-order valence-electron chi connectivity index (χ3n) is 5.76. The van der Waals surface area contributed by atoms with Gasteiger partial charge in [-0.3, -0.25) is 14.8 Å². The van der Waals surface area contributed by atoms with Gasteiger partial charge >= 0.3 is 6.18 Å². The highest BCUT2D eigenvalue weighted by atomic mass is 19.4. The molecule has 0 saturated carbocycles. The van der Waals surface area contributed by atoms with E-state index in [4.69, 9.17) is 0 Å². The lowest BCUT2D eigenvalue weighted by atomic mass is 10.2. The molecule has 174 valence electrons. The fraction of sp³-hybridized carbons (Fsp3) is 0.682. The Morgan fingerprint density at radius 3 is 2.48 bits per heavy atom. The molecule has 0 aromatic heterocycles. The highest BCUT2D eigenvalue weighted by Crippen LogP contribution is 2.20. The first-order valence-corrected chi connectivity index (χ1v) is 11.3. The van der Waals surface area contributed by atoms with E-state index in [0.717, 1.165) is 45.7 Å². The number of para-hydroxylation sites is 1. The van der Waals surface area contributed by atoms with Crippen molar-refractivity contribution in [1.82, 2.24) is 20.4 Å². The maximum Gasteiger partial charge on any atom is 0.401 e. The largest absolute Gasteiger partial charge is 0.401 e. The third-order valence-corrected chi connectivity index (χ3v) is 5.76. The van der Waals surface area contributed by atoms with Gasteiger partial charge < -0.3 is 15.5 Å². The van der Waals surface area contributed by atoms with E-state index in [1.165, 1.54) is 10.6 Å². The first kappa shape index (κ1) is 23.7. The van der Waals surface area contributed by atoms with Crippen LogP contribution >= 0.6 is 0 Å². The second-order valence-corrected chi connectivity index (χ2v) is 8.26. The van der Waals surface area contributed by atoms with Crippen molar-refractivity contribution in [2.75, 3.05) is 70.3 Å². The number of hydrogen-bond donors (Lipinski definition) is 2. The first-order chi connectivity index (χ1) is 14.9. The summed E-state index contributed by atoms with van der Waals surface area (Å²) >= 11 is 0. The zero-order valence-corrected chi connectivity index (χ0v) is 18.4. The molecule has 2 fully saturated rings. The lowest BCUT2D eigenvalue weighted by Gasteiger charge is -2.36. The van der Waals surface area contributed by atoms with Crippen molar-refractivity contribution in [2.45, 2.75) is 32.0 Å². The van der Waals surface area contributed by atoms with Crippen LogP contribution in [0.3, 0.4) is 0 Å². The zero-order valence-electron chi connectivity index (χ0n) is 18.4. The van der Waals surface area contributed by atoms with E-state index in [0.29, 0.717) is 32.0 Å². The minimum Gasteiger partial charge on any atom is -0.369 e. The zero-order chi connectivity index (χ0) is 22.1. The van der Waals surface area contributed by atoms with E-state index in [1.54, 1.807) is 0 Å². The van der Waals surface area contributed by atoms with Gasteiger partial charge in [0.05, 0.1) is 6.54 Å². The normalized spacial score (nSPS) is 21.5. The molecule has 1 aromatic rings. The molecule has 9 heteroatoms. The van der Waals surface area contributed by atoms with Gasteiger partial charge in [-0.05, 0) is 31.9 Å². The minimum absolute atomic E-state index is 0.00575. The second-order valence-electron chi connectivity index (χ2n) is 8.26. The number of aliphatic imine (C=N–C) groups is 1. The minimum atomic E-state index is -4.14. The molecule has 3 rings (SSSR count). The Kier molecular flexibility index (Phi) is 8.83. The molecule has 1 atom stereocenters. The van der Waals surface area contributed by atoms with Crippen molar-refractivity contribution >= 4 is 11.6 Å². The van der Waals surface area contributed by atoms with Crippen LogP contribution in [0.5, 0.6) is 0 Å². The van der Waals surface area contributed by atoms with Gasteiger partial charge in [0.2, 0.25) is 0 Å². The number of likely N-dealkylation sites (tertiary alicyclic amines) is 1. The van der Waals surface area contributed by atoms with Crippen LogP contribution in [0.1, 0.15) is 19.8 Å². The summed E-state index contributed by atoms with van der Waals surface area (Å²) in [5, 5.41) is 6.52. The van der Waals surface area contributed by atoms with Gasteiger partial charge in [0.1, 0.15) is 0 Å². The molecule has 1 unspecified atom stereocenters. The Bertz CT molecular complexity index is 674. The van der Waals surface area contributed by atoms with Crippen LogP contribution in [-0.4, -0.2) is 93.4 Å². The van der Waals surface area contributed by atoms with Crippen LogP contribution in [0, 0.1) is 0 Å². The lowest BCUT2D eigenvalue weighted by Crippen LogP contribution is -2.47. The molecule has 2 N–H and O–H groups in total. The molecule has 31 heavy (non-hydrogen) atoms. The number of guanidine groups is 1. The Morgan fingerprint density at radius 1 is 1.06 bits per heavy atom. The lowest BCUT2D eigenvalue weighted by molar-refractivity contribution is -0.143. The summed E-state index contributed by atoms with van der Waals surface area (Å²) in [6.07, 6.45) is -2.47. The molecule has 2 aliphatic heterocycles. The molecule has 0 spiro atoms. The Hall–Kier alpha value is -2.00. The van der Waals surface area contributed by atoms with E-state index >= 15 is 0 Å². The smallest absolute Gasteiger partial charge is 0.369 e. The molecule has 1 aromatic carbocycles. The van der Waals surface area contributed by atoms with Crippen LogP contribution in [-0.2, 0) is 0 Å². The summed E-state index contributed by atoms with van der Waals surface area (Å²) in [5.41, 5.74) is 1.29. The third kappa shape index (κ3) is 8.22. The number of rotatable bonds is 8. The second kappa shape index (κ2) is 11.6. The number of halogens is 3. The average molecular weight is 441 g/mol. The number of piperazine rings is 1. The molecule has 2 saturated heterocycles. The van der Waals surface area contributed by atoms with Gasteiger partial charge in [-0.15, -0.1) is 0 Å².